The lowest BCUT2D eigenvalue weighted by Crippen LogP contribution is -2.00. The van der Waals surface area contributed by atoms with Crippen LogP contribution in [0, 0.1) is 27.7 Å². The number of fused-ring (bicyclic) bond motifs is 4. The van der Waals surface area contributed by atoms with Crippen LogP contribution in [0.4, 0.5) is 68.2 Å². The zero-order valence-electron chi connectivity index (χ0n) is 53.0. The van der Waals surface area contributed by atoms with Gasteiger partial charge in [-0.25, -0.2) is 10.5 Å². The number of methoxy groups -OCH3 is 1. The van der Waals surface area contributed by atoms with Gasteiger partial charge >= 0.3 is 0 Å². The fourth-order valence-electron chi connectivity index (χ4n) is 10.5. The monoisotopic (exact) mass is 1520 g/mol. The van der Waals surface area contributed by atoms with Crippen LogP contribution in [-0.4, -0.2) is 89.9 Å². The van der Waals surface area contributed by atoms with Crippen molar-refractivity contribution < 1.29 is 106 Å². The highest BCUT2D eigenvalue weighted by atomic mass is 32.2. The van der Waals surface area contributed by atoms with Gasteiger partial charge in [0.05, 0.1) is 84.6 Å². The number of rotatable bonds is 23. The predicted octanol–water partition coefficient (Wildman–Crippen LogP) is 18.0. The van der Waals surface area contributed by atoms with Gasteiger partial charge in [0.15, 0.2) is 17.2 Å². The van der Waals surface area contributed by atoms with Gasteiger partial charge in [0.1, 0.15) is 55.4 Å². The van der Waals surface area contributed by atoms with Crippen LogP contribution in [-0.2, 0) is 59.2 Å². The van der Waals surface area contributed by atoms with Crippen LogP contribution < -0.4 is 10.1 Å². The minimum absolute atomic E-state index is 0.0127. The van der Waals surface area contributed by atoms with Gasteiger partial charge < -0.3 is 30.5 Å². The van der Waals surface area contributed by atoms with E-state index in [2.05, 4.69) is 70.9 Å². The summed E-state index contributed by atoms with van der Waals surface area (Å²) in [6.45, 7) is 6.54. The molecule has 11 aromatic carbocycles. The van der Waals surface area contributed by atoms with Crippen LogP contribution in [0.3, 0.4) is 0 Å². The molecule has 0 amide bonds. The van der Waals surface area contributed by atoms with Gasteiger partial charge in [0.25, 0.3) is 40.5 Å². The molecule has 34 nitrogen and oxygen atoms in total. The minimum Gasteiger partial charge on any atom is -0.507 e. The van der Waals surface area contributed by atoms with E-state index >= 15 is 0 Å². The zero-order valence-corrected chi connectivity index (χ0v) is 57.9. The van der Waals surface area contributed by atoms with Crippen LogP contribution in [0.5, 0.6) is 28.7 Å². The van der Waals surface area contributed by atoms with E-state index in [1.165, 1.54) is 93.8 Å². The van der Waals surface area contributed by atoms with Crippen molar-refractivity contribution >= 4 is 176 Å². The van der Waals surface area contributed by atoms with E-state index in [-0.39, 0.29) is 115 Å². The van der Waals surface area contributed by atoms with Crippen LogP contribution in [0.1, 0.15) is 22.3 Å². The van der Waals surface area contributed by atoms with E-state index in [9.17, 15) is 77.6 Å². The predicted molar refractivity (Wildman–Crippen MR) is 372 cm³/mol. The number of nitrogens with zero attached hydrogens (tertiary/aromatic N) is 10. The average molecular weight is 1520 g/mol. The first-order valence-electron chi connectivity index (χ1n) is 28.9. The van der Waals surface area contributed by atoms with E-state index in [0.717, 1.165) is 29.8 Å². The maximum absolute atomic E-state index is 13.1. The molecule has 0 aliphatic heterocycles. The maximum Gasteiger partial charge on any atom is 0.296 e. The first kappa shape index (κ1) is 73.6. The molecule has 103 heavy (non-hydrogen) atoms. The SMILES string of the molecule is COc1cc(N=Nc2cc(S(=O)(=O)O)cc3cc(S(=O)(=O)O)cc(O)c23)c(C)cc1N=Nc1c(S(=O)(=O)O)cc2cc(N=Nc3c(Nc4ccc(C)cc4)ccc4c(O)c(N=Nc5ccc6c(O)c(N=Nc7c(C)cc(C)cc7S(=O)(=O)O)c(SOOO)cc6c5)c(SOOO)cc34)ccc2c1O. The molecule has 11 aromatic rings. The largest absolute Gasteiger partial charge is 0.507 e. The molecule has 0 fully saturated rings. The van der Waals surface area contributed by atoms with E-state index in [0.29, 0.717) is 52.7 Å². The summed E-state index contributed by atoms with van der Waals surface area (Å²) in [7, 11) is -18.7. The average Bonchev–Trinajstić information content (AvgIpc) is 0.768. The summed E-state index contributed by atoms with van der Waals surface area (Å²) in [5, 5.41) is 118. The lowest BCUT2D eigenvalue weighted by atomic mass is 10.0. The Morgan fingerprint density at radius 3 is 1.50 bits per heavy atom. The van der Waals surface area contributed by atoms with Crippen LogP contribution >= 0.6 is 24.1 Å². The minimum atomic E-state index is -5.23. The number of azo groups is 5. The Hall–Kier alpha value is -10.6. The quantitative estimate of drug-likeness (QED) is 0.00931. The van der Waals surface area contributed by atoms with Crippen LogP contribution in [0.15, 0.2) is 220 Å². The van der Waals surface area contributed by atoms with E-state index in [1.807, 2.05) is 19.1 Å². The van der Waals surface area contributed by atoms with E-state index in [4.69, 9.17) is 14.3 Å². The Morgan fingerprint density at radius 2 is 0.903 bits per heavy atom. The van der Waals surface area contributed by atoms with Crippen molar-refractivity contribution in [3.8, 4) is 28.7 Å². The first-order chi connectivity index (χ1) is 48.7. The van der Waals surface area contributed by atoms with Crippen molar-refractivity contribution in [1.29, 1.82) is 0 Å². The van der Waals surface area contributed by atoms with Gasteiger partial charge in [-0.15, -0.1) is 44.5 Å². The summed E-state index contributed by atoms with van der Waals surface area (Å²) in [6.07, 6.45) is 0. The highest BCUT2D eigenvalue weighted by Crippen LogP contribution is 2.51. The van der Waals surface area contributed by atoms with Crippen molar-refractivity contribution in [2.75, 3.05) is 12.4 Å². The number of phenolic OH excluding ortho intramolecular Hbond substituents is 4. The standard InChI is InChI=1S/C63H49N11O23S6/c1-29-6-8-36(9-7-29)64-45-15-14-43-44(27-52(99-97-95-80)59(63(43)78)72-66-37-10-12-41-33(19-37)23-51(98-96-94-79)58(61(41)76)73-70-56-32(4)16-30(2)17-53(56)102(87,88)89)57(45)71-65-38-11-13-42-34(20-38)24-54(103(90,91)92)60(62(42)77)74-68-47-18-31(3)46(28-50(47)93-5)67-69-48-25-39(100(81,82)83)21-35-22-40(101(84,85)86)26-49(75)55(35)48/h6-28,64,75-80H,1-5H3,(H,81,82,83)(H,84,85,86)(H,87,88,89)(H,90,91,92). The van der Waals surface area contributed by atoms with Crippen molar-refractivity contribution in [1.82, 2.24) is 0 Å². The van der Waals surface area contributed by atoms with Crippen molar-refractivity contribution in [2.24, 2.45) is 51.1 Å². The van der Waals surface area contributed by atoms with Crippen LogP contribution in [0.25, 0.3) is 43.1 Å². The van der Waals surface area contributed by atoms with Crippen molar-refractivity contribution in [3.63, 3.8) is 0 Å². The molecule has 0 saturated carbocycles. The van der Waals surface area contributed by atoms with E-state index < -0.39 is 88.7 Å². The molecular weight excluding hydrogens is 1470 g/mol. The molecule has 0 spiro atoms. The third-order valence-corrected chi connectivity index (χ3v) is 19.9. The number of nitrogens with one attached hydrogen (secondary N) is 1. The Labute approximate surface area is 589 Å². The third kappa shape index (κ3) is 16.0. The first-order valence-corrected chi connectivity index (χ1v) is 36.1. The molecule has 0 bridgehead atoms. The molecule has 0 atom stereocenters. The molecule has 530 valence electrons. The molecule has 11 rings (SSSR count). The number of aryl methyl sites for hydroxylation is 4. The molecule has 0 aromatic heterocycles. The summed E-state index contributed by atoms with van der Waals surface area (Å²) in [5.41, 5.74) is 1.22. The van der Waals surface area contributed by atoms with Gasteiger partial charge in [0, 0.05) is 39.4 Å². The lowest BCUT2D eigenvalue weighted by Gasteiger charge is -2.15. The molecule has 0 saturated heterocycles. The fourth-order valence-corrected chi connectivity index (χ4v) is 14.0. The molecule has 0 aliphatic carbocycles. The number of phenols is 4. The normalized spacial score (nSPS) is 12.7. The molecule has 0 heterocycles. The number of ether oxygens (including phenoxy) is 1. The summed E-state index contributed by atoms with van der Waals surface area (Å²) in [6, 6.07) is 31.2. The second-order valence-corrected chi connectivity index (χ2v) is 29.3. The highest BCUT2D eigenvalue weighted by Gasteiger charge is 2.27. The van der Waals surface area contributed by atoms with Gasteiger partial charge in [-0.2, -0.15) is 49.0 Å². The Morgan fingerprint density at radius 1 is 0.398 bits per heavy atom. The number of anilines is 2. The summed E-state index contributed by atoms with van der Waals surface area (Å²) in [5.74, 6) is -2.64. The van der Waals surface area contributed by atoms with Gasteiger partial charge in [-0.1, -0.05) is 33.8 Å². The highest BCUT2D eigenvalue weighted by molar-refractivity contribution is 7.95. The molecule has 0 radical (unpaired) electrons. The van der Waals surface area contributed by atoms with Gasteiger partial charge in [0.2, 0.25) is 0 Å². The fraction of sp³-hybridized carbons (Fsp3) is 0.0794. The third-order valence-electron chi connectivity index (χ3n) is 15.2. The van der Waals surface area contributed by atoms with Crippen LogP contribution in [0.2, 0.25) is 0 Å². The van der Waals surface area contributed by atoms with Gasteiger partial charge in [-0.3, -0.25) is 18.2 Å². The Bertz CT molecular complexity index is 5990. The van der Waals surface area contributed by atoms with Crippen molar-refractivity contribution in [2.45, 2.75) is 57.1 Å². The van der Waals surface area contributed by atoms with E-state index in [1.54, 1.807) is 31.2 Å². The molecule has 40 heteroatoms. The maximum atomic E-state index is 13.1. The number of aromatic hydroxyl groups is 4. The molecular formula is C63H49N11O23S6. The second kappa shape index (κ2) is 29.4. The number of hydrogen-bond acceptors (Lipinski definition) is 32. The molecule has 0 unspecified atom stereocenters. The smallest absolute Gasteiger partial charge is 0.296 e. The number of benzene rings is 11. The molecule has 11 N–H and O–H groups in total. The number of hydrogen-bond donors (Lipinski definition) is 11. The zero-order chi connectivity index (χ0) is 74.2. The Balaban J connectivity index is 0.937. The topological polar surface area (TPSA) is 521 Å². The van der Waals surface area contributed by atoms with Crippen molar-refractivity contribution in [3.05, 3.63) is 162 Å². The Kier molecular flexibility index (Phi) is 21.0. The second-order valence-electron chi connectivity index (χ2n) is 22.1. The summed E-state index contributed by atoms with van der Waals surface area (Å²) in [4.78, 5) is -3.10. The summed E-state index contributed by atoms with van der Waals surface area (Å²) < 4.78 is 154. The summed E-state index contributed by atoms with van der Waals surface area (Å²) >= 11 is 0.773. The molecule has 0 aliphatic rings. The lowest BCUT2D eigenvalue weighted by molar-refractivity contribution is -0.432. The van der Waals surface area contributed by atoms with Gasteiger partial charge in [-0.05, 0) is 170 Å².